The fourth-order valence-corrected chi connectivity index (χ4v) is 6.45. The number of esters is 2. The number of carbonyl (C=O) groups excluding carboxylic acids is 2. The number of aromatic nitrogens is 4. The van der Waals surface area contributed by atoms with Crippen LogP contribution in [-0.4, -0.2) is 44.7 Å². The fourth-order valence-electron chi connectivity index (χ4n) is 5.71. The number of fused-ring (bicyclic) bond motifs is 2. The van der Waals surface area contributed by atoms with Crippen molar-refractivity contribution in [2.75, 3.05) is 13.2 Å². The van der Waals surface area contributed by atoms with E-state index in [0.29, 0.717) is 53.8 Å². The van der Waals surface area contributed by atoms with Gasteiger partial charge in [-0.25, -0.2) is 9.97 Å². The maximum Gasteiger partial charge on any atom is 0.311 e. The lowest BCUT2D eigenvalue weighted by Crippen LogP contribution is -2.30. The molecule has 6 rings (SSSR count). The molecule has 0 unspecified atom stereocenters. The van der Waals surface area contributed by atoms with Crippen LogP contribution in [0.2, 0.25) is 20.4 Å². The topological polar surface area (TPSA) is 99.1 Å². The number of nitrogens with zero attached hydrogens (tertiary/aromatic N) is 3. The van der Waals surface area contributed by atoms with E-state index in [2.05, 4.69) is 19.5 Å². The zero-order valence-corrected chi connectivity index (χ0v) is 35.5. The van der Waals surface area contributed by atoms with E-state index in [1.165, 1.54) is 0 Å². The Morgan fingerprint density at radius 3 is 1.73 bits per heavy atom. The highest BCUT2D eigenvalue weighted by Gasteiger charge is 2.32. The molecule has 13 heteroatoms. The van der Waals surface area contributed by atoms with Crippen LogP contribution in [0.3, 0.4) is 0 Å². The maximum absolute atomic E-state index is 12.4. The molecule has 55 heavy (non-hydrogen) atoms. The van der Waals surface area contributed by atoms with Crippen molar-refractivity contribution in [3.63, 3.8) is 0 Å². The molecule has 0 aliphatic carbocycles. The lowest BCUT2D eigenvalue weighted by Gasteiger charge is -2.23. The number of carbonyl (C=O) groups is 2. The molecule has 0 radical (unpaired) electrons. The fraction of sp³-hybridized carbons (Fsp3) is 0.333. The number of ether oxygens (including phenoxy) is 2. The van der Waals surface area contributed by atoms with Crippen molar-refractivity contribution in [2.45, 2.75) is 66.8 Å². The summed E-state index contributed by atoms with van der Waals surface area (Å²) in [5.41, 5.74) is 6.46. The molecule has 0 saturated carbocycles. The predicted molar refractivity (Wildman–Crippen MR) is 226 cm³/mol. The summed E-state index contributed by atoms with van der Waals surface area (Å²) in [5, 5.41) is 2.36. The number of rotatable bonds is 11. The Morgan fingerprint density at radius 2 is 1.18 bits per heavy atom. The van der Waals surface area contributed by atoms with Crippen LogP contribution >= 0.6 is 58.0 Å². The van der Waals surface area contributed by atoms with E-state index in [-0.39, 0.29) is 11.9 Å². The third-order valence-corrected chi connectivity index (χ3v) is 9.77. The highest BCUT2D eigenvalue weighted by Crippen LogP contribution is 2.30. The van der Waals surface area contributed by atoms with Crippen LogP contribution in [-0.2, 0) is 44.3 Å². The molecule has 0 bridgehead atoms. The SMILES string of the molecule is CCOC(=O)C(C)(C)Cc1cc2nc(Cl)ccc2[nH]1.CCOC(=O)C(C)(C)Cc1cc2nc(Cl)ccc2n1Cc1ccc(Cl)cc1.ClCc1ccc(Cl)cc1. The van der Waals surface area contributed by atoms with Crippen LogP contribution in [0.5, 0.6) is 0 Å². The highest BCUT2D eigenvalue weighted by atomic mass is 35.5. The van der Waals surface area contributed by atoms with Gasteiger partial charge in [0.1, 0.15) is 10.3 Å². The Morgan fingerprint density at radius 1 is 0.673 bits per heavy atom. The standard InChI is InChI=1S/C21H22Cl2N2O2.C14H17ClN2O2.C7H6Cl2/c1-4-27-20(26)21(2,3)12-16-11-17-18(9-10-19(23)24-17)25(16)13-14-5-7-15(22)8-6-14;1-4-19-13(18)14(2,3)8-9-7-11-10(16-9)5-6-12(15)17-11;8-5-6-1-3-7(9)4-2-6/h5-11H,4,12-13H2,1-3H3;5-7,16H,4,8H2,1-3H3;1-4H,5H2. The second kappa shape index (κ2) is 19.9. The van der Waals surface area contributed by atoms with Gasteiger partial charge in [-0.2, -0.15) is 0 Å². The number of H-pyrrole nitrogens is 1. The van der Waals surface area contributed by atoms with E-state index in [0.717, 1.165) is 49.6 Å². The summed E-state index contributed by atoms with van der Waals surface area (Å²) in [6.45, 7) is 12.6. The number of alkyl halides is 1. The van der Waals surface area contributed by atoms with Crippen molar-refractivity contribution in [1.82, 2.24) is 19.5 Å². The number of hydrogen-bond donors (Lipinski definition) is 1. The van der Waals surface area contributed by atoms with Crippen molar-refractivity contribution in [3.8, 4) is 0 Å². The van der Waals surface area contributed by atoms with Gasteiger partial charge in [-0.3, -0.25) is 9.59 Å². The summed E-state index contributed by atoms with van der Waals surface area (Å²) < 4.78 is 12.5. The number of nitrogens with one attached hydrogen (secondary N) is 1. The van der Waals surface area contributed by atoms with Crippen molar-refractivity contribution in [3.05, 3.63) is 128 Å². The van der Waals surface area contributed by atoms with Gasteiger partial charge in [0.25, 0.3) is 0 Å². The van der Waals surface area contributed by atoms with Gasteiger partial charge >= 0.3 is 11.9 Å². The monoisotopic (exact) mass is 844 g/mol. The minimum absolute atomic E-state index is 0.195. The van der Waals surface area contributed by atoms with Crippen LogP contribution in [0.15, 0.2) is 84.9 Å². The van der Waals surface area contributed by atoms with Gasteiger partial charge in [0.05, 0.1) is 46.1 Å². The quantitative estimate of drug-likeness (QED) is 0.0792. The Balaban J connectivity index is 0.000000207. The average Bonchev–Trinajstić information content (AvgIpc) is 3.68. The molecule has 4 aromatic heterocycles. The Hall–Kier alpha value is -3.79. The molecule has 0 saturated heterocycles. The van der Waals surface area contributed by atoms with E-state index in [1.54, 1.807) is 12.1 Å². The molecule has 0 aliphatic rings. The molecule has 2 aromatic carbocycles. The van der Waals surface area contributed by atoms with E-state index >= 15 is 0 Å². The number of benzene rings is 2. The molecular formula is C42H45Cl5N4O4. The molecular weight excluding hydrogens is 802 g/mol. The second-order valence-electron chi connectivity index (χ2n) is 14.1. The Kier molecular flexibility index (Phi) is 15.9. The summed E-state index contributed by atoms with van der Waals surface area (Å²) in [6.07, 6.45) is 1.10. The molecule has 4 heterocycles. The van der Waals surface area contributed by atoms with Crippen molar-refractivity contribution >= 4 is 92.0 Å². The molecule has 1 N–H and O–H groups in total. The molecule has 0 atom stereocenters. The van der Waals surface area contributed by atoms with Crippen molar-refractivity contribution < 1.29 is 19.1 Å². The molecule has 6 aromatic rings. The molecule has 8 nitrogen and oxygen atoms in total. The second-order valence-corrected chi connectivity index (χ2v) is 16.0. The molecule has 0 amide bonds. The zero-order chi connectivity index (χ0) is 40.3. The number of halogens is 5. The predicted octanol–water partition coefficient (Wildman–Crippen LogP) is 12.0. The summed E-state index contributed by atoms with van der Waals surface area (Å²) in [5.74, 6) is 0.149. The Labute approximate surface area is 347 Å². The van der Waals surface area contributed by atoms with Gasteiger partial charge in [-0.05, 0) is 113 Å². The molecule has 0 aliphatic heterocycles. The number of hydrogen-bond acceptors (Lipinski definition) is 6. The van der Waals surface area contributed by atoms with E-state index in [4.69, 9.17) is 67.5 Å². The maximum atomic E-state index is 12.4. The first-order valence-corrected chi connectivity index (χ1v) is 19.8. The first-order chi connectivity index (χ1) is 26.0. The normalized spacial score (nSPS) is 11.4. The lowest BCUT2D eigenvalue weighted by atomic mass is 9.88. The van der Waals surface area contributed by atoms with Gasteiger partial charge in [0, 0.05) is 46.7 Å². The summed E-state index contributed by atoms with van der Waals surface area (Å²) in [6, 6.07) is 26.5. The van der Waals surface area contributed by atoms with Gasteiger partial charge in [0.15, 0.2) is 0 Å². The summed E-state index contributed by atoms with van der Waals surface area (Å²) in [4.78, 5) is 36.1. The van der Waals surface area contributed by atoms with Crippen molar-refractivity contribution in [2.24, 2.45) is 10.8 Å². The van der Waals surface area contributed by atoms with Crippen LogP contribution in [0.4, 0.5) is 0 Å². The van der Waals surface area contributed by atoms with E-state index in [1.807, 2.05) is 114 Å². The minimum Gasteiger partial charge on any atom is -0.466 e. The number of pyridine rings is 2. The number of aromatic amines is 1. The van der Waals surface area contributed by atoms with Crippen LogP contribution in [0.25, 0.3) is 22.1 Å². The first-order valence-electron chi connectivity index (χ1n) is 17.7. The van der Waals surface area contributed by atoms with Crippen LogP contribution in [0, 0.1) is 10.8 Å². The largest absolute Gasteiger partial charge is 0.466 e. The van der Waals surface area contributed by atoms with Gasteiger partial charge < -0.3 is 19.0 Å². The molecule has 0 spiro atoms. The summed E-state index contributed by atoms with van der Waals surface area (Å²) >= 11 is 29.1. The van der Waals surface area contributed by atoms with Gasteiger partial charge in [-0.15, -0.1) is 11.6 Å². The average molecular weight is 847 g/mol. The van der Waals surface area contributed by atoms with Crippen molar-refractivity contribution in [1.29, 1.82) is 0 Å². The molecule has 292 valence electrons. The van der Waals surface area contributed by atoms with Gasteiger partial charge in [-0.1, -0.05) is 70.7 Å². The van der Waals surface area contributed by atoms with Crippen LogP contribution < -0.4 is 0 Å². The lowest BCUT2D eigenvalue weighted by molar-refractivity contribution is -0.154. The summed E-state index contributed by atoms with van der Waals surface area (Å²) in [7, 11) is 0. The van der Waals surface area contributed by atoms with E-state index in [9.17, 15) is 9.59 Å². The molecule has 0 fully saturated rings. The third kappa shape index (κ3) is 12.6. The zero-order valence-electron chi connectivity index (χ0n) is 31.7. The first kappa shape index (κ1) is 43.9. The minimum atomic E-state index is -0.647. The highest BCUT2D eigenvalue weighted by molar-refractivity contribution is 6.31. The van der Waals surface area contributed by atoms with E-state index < -0.39 is 10.8 Å². The Bertz CT molecular complexity index is 2200. The van der Waals surface area contributed by atoms with Gasteiger partial charge in [0.2, 0.25) is 0 Å². The van der Waals surface area contributed by atoms with Crippen LogP contribution in [0.1, 0.15) is 64.1 Å². The smallest absolute Gasteiger partial charge is 0.311 e. The third-order valence-electron chi connectivity index (χ3n) is 8.54.